The normalized spacial score (nSPS) is 10.7. The van der Waals surface area contributed by atoms with Gasteiger partial charge in [-0.3, -0.25) is 0 Å². The van der Waals surface area contributed by atoms with Gasteiger partial charge in [0, 0.05) is 13.2 Å². The zero-order valence-electron chi connectivity index (χ0n) is 28.7. The van der Waals surface area contributed by atoms with Gasteiger partial charge in [-0.1, -0.05) is 181 Å². The second-order valence-electron chi connectivity index (χ2n) is 11.3. The number of rotatable bonds is 30. The average molecular weight is 631 g/mol. The van der Waals surface area contributed by atoms with E-state index in [0.717, 1.165) is 13.2 Å². The molecular weight excluding hydrogens is 564 g/mol. The van der Waals surface area contributed by atoms with Gasteiger partial charge in [-0.05, 0) is 12.8 Å². The maximum atomic E-state index is 8.55. The molecule has 0 heterocycles. The maximum Gasteiger partial charge on any atom is 1.00 e. The summed E-state index contributed by atoms with van der Waals surface area (Å²) in [5, 5.41) is 0. The molecule has 0 radical (unpaired) electrons. The number of ether oxygens (including phenoxy) is 1. The van der Waals surface area contributed by atoms with E-state index in [1.54, 1.807) is 0 Å². The van der Waals surface area contributed by atoms with Crippen LogP contribution in [0.2, 0.25) is 0 Å². The molecular formula is C32H66Na3O5P. The van der Waals surface area contributed by atoms with Gasteiger partial charge in [0.05, 0.1) is 0 Å². The summed E-state index contributed by atoms with van der Waals surface area (Å²) in [6.07, 6.45) is 40.1. The Labute approximate surface area is 323 Å². The molecule has 0 unspecified atom stereocenters. The zero-order chi connectivity index (χ0) is 28.4. The third kappa shape index (κ3) is 66.4. The summed E-state index contributed by atoms with van der Waals surface area (Å²) >= 11 is 0. The fourth-order valence-electron chi connectivity index (χ4n) is 4.90. The molecule has 0 saturated carbocycles. The predicted molar refractivity (Wildman–Crippen MR) is 159 cm³/mol. The van der Waals surface area contributed by atoms with Gasteiger partial charge >= 0.3 is 88.7 Å². The van der Waals surface area contributed by atoms with Gasteiger partial charge in [0.1, 0.15) is 0 Å². The second kappa shape index (κ2) is 47.5. The number of phosphoric acid groups is 1. The minimum Gasteiger partial charge on any atom is -0.822 e. The smallest absolute Gasteiger partial charge is 0.822 e. The van der Waals surface area contributed by atoms with Gasteiger partial charge in [0.2, 0.25) is 0 Å². The van der Waals surface area contributed by atoms with Gasteiger partial charge in [-0.15, -0.1) is 0 Å². The molecule has 0 saturated heterocycles. The predicted octanol–water partition coefficient (Wildman–Crippen LogP) is 0.153. The summed E-state index contributed by atoms with van der Waals surface area (Å²) in [7, 11) is -5.39. The molecule has 0 N–H and O–H groups in total. The molecule has 5 nitrogen and oxygen atoms in total. The van der Waals surface area contributed by atoms with Crippen LogP contribution < -0.4 is 103 Å². The molecule has 0 amide bonds. The monoisotopic (exact) mass is 630 g/mol. The van der Waals surface area contributed by atoms with Gasteiger partial charge < -0.3 is 24.0 Å². The molecule has 0 aromatic carbocycles. The minimum absolute atomic E-state index is 0. The Balaban J connectivity index is -0.000000493. The van der Waals surface area contributed by atoms with Crippen LogP contribution in [0.25, 0.3) is 0 Å². The summed E-state index contributed by atoms with van der Waals surface area (Å²) in [5.74, 6) is 0. The number of unbranched alkanes of at least 4 members (excludes halogenated alkanes) is 26. The van der Waals surface area contributed by atoms with Crippen LogP contribution in [0.15, 0.2) is 0 Å². The van der Waals surface area contributed by atoms with Gasteiger partial charge in [-0.2, -0.15) is 7.82 Å². The van der Waals surface area contributed by atoms with E-state index in [9.17, 15) is 0 Å². The maximum absolute atomic E-state index is 8.55. The molecule has 0 atom stereocenters. The summed E-state index contributed by atoms with van der Waals surface area (Å²) < 4.78 is 14.4. The summed E-state index contributed by atoms with van der Waals surface area (Å²) in [6.45, 7) is 6.59. The molecule has 41 heavy (non-hydrogen) atoms. The van der Waals surface area contributed by atoms with Crippen molar-refractivity contribution in [2.75, 3.05) is 13.2 Å². The van der Waals surface area contributed by atoms with Crippen molar-refractivity contribution in [3.05, 3.63) is 0 Å². The van der Waals surface area contributed by atoms with Crippen LogP contribution in [0.4, 0.5) is 0 Å². The molecule has 0 bridgehead atoms. The van der Waals surface area contributed by atoms with Crippen molar-refractivity contribution in [2.24, 2.45) is 0 Å². The van der Waals surface area contributed by atoms with Crippen LogP contribution in [0.3, 0.4) is 0 Å². The Morgan fingerprint density at radius 3 is 0.683 bits per heavy atom. The zero-order valence-corrected chi connectivity index (χ0v) is 35.6. The fourth-order valence-corrected chi connectivity index (χ4v) is 4.90. The SMILES string of the molecule is CCCCCCCCCCCCCCCCOCCCCCCCCCCCCCCCC.O=P([O-])([O-])[O-].[Na+].[Na+].[Na+]. The molecule has 0 aromatic rings. The summed E-state index contributed by atoms with van der Waals surface area (Å²) in [5.41, 5.74) is 0. The Kier molecular flexibility index (Phi) is 62.0. The Morgan fingerprint density at radius 1 is 0.366 bits per heavy atom. The first kappa shape index (κ1) is 53.6. The van der Waals surface area contributed by atoms with E-state index in [2.05, 4.69) is 13.8 Å². The quantitative estimate of drug-likeness (QED) is 0.0640. The van der Waals surface area contributed by atoms with Crippen molar-refractivity contribution < 1.29 is 113 Å². The molecule has 0 aliphatic carbocycles. The van der Waals surface area contributed by atoms with Crippen LogP contribution >= 0.6 is 7.82 Å². The molecule has 0 aliphatic rings. The van der Waals surface area contributed by atoms with Crippen LogP contribution in [0.1, 0.15) is 194 Å². The largest absolute Gasteiger partial charge is 1.00 e. The van der Waals surface area contributed by atoms with Gasteiger partial charge in [-0.25, -0.2) is 0 Å². The summed E-state index contributed by atoms with van der Waals surface area (Å²) in [6, 6.07) is 0. The molecule has 0 rings (SSSR count). The van der Waals surface area contributed by atoms with E-state index in [0.29, 0.717) is 0 Å². The van der Waals surface area contributed by atoms with Crippen LogP contribution in [-0.4, -0.2) is 13.2 Å². The third-order valence-electron chi connectivity index (χ3n) is 7.28. The van der Waals surface area contributed by atoms with E-state index in [1.165, 1.54) is 180 Å². The van der Waals surface area contributed by atoms with E-state index < -0.39 is 7.82 Å². The number of hydrogen-bond donors (Lipinski definition) is 0. The molecule has 0 aliphatic heterocycles. The Bertz CT molecular complexity index is 432. The average Bonchev–Trinajstić information content (AvgIpc) is 2.87. The molecule has 0 fully saturated rings. The van der Waals surface area contributed by atoms with E-state index in [4.69, 9.17) is 24.0 Å². The van der Waals surface area contributed by atoms with Crippen LogP contribution in [0, 0.1) is 0 Å². The standard InChI is InChI=1S/C32H66O.3Na.H3O4P/c1-3-5-7-9-11-13-15-17-19-21-23-25-27-29-31-33-32-30-28-26-24-22-20-18-16-14-12-10-8-6-4-2;;;;1-5(2,3)4/h3-32H2,1-2H3;;;;(H3,1,2,3,4)/q;3*+1;/p-3. The first-order valence-corrected chi connectivity index (χ1v) is 18.2. The molecule has 9 heteroatoms. The topological polar surface area (TPSA) is 95.5 Å². The first-order valence-electron chi connectivity index (χ1n) is 16.7. The van der Waals surface area contributed by atoms with Crippen molar-refractivity contribution in [3.63, 3.8) is 0 Å². The van der Waals surface area contributed by atoms with Crippen molar-refractivity contribution >= 4 is 7.82 Å². The van der Waals surface area contributed by atoms with Crippen molar-refractivity contribution in [3.8, 4) is 0 Å². The van der Waals surface area contributed by atoms with Crippen molar-refractivity contribution in [2.45, 2.75) is 194 Å². The Morgan fingerprint density at radius 2 is 0.512 bits per heavy atom. The minimum atomic E-state index is -5.39. The van der Waals surface area contributed by atoms with E-state index in [-0.39, 0.29) is 88.7 Å². The third-order valence-corrected chi connectivity index (χ3v) is 7.28. The molecule has 0 aromatic heterocycles. The van der Waals surface area contributed by atoms with Crippen molar-refractivity contribution in [1.82, 2.24) is 0 Å². The van der Waals surface area contributed by atoms with E-state index in [1.807, 2.05) is 0 Å². The van der Waals surface area contributed by atoms with Crippen molar-refractivity contribution in [1.29, 1.82) is 0 Å². The fraction of sp³-hybridized carbons (Fsp3) is 1.00. The van der Waals surface area contributed by atoms with Crippen LogP contribution in [-0.2, 0) is 9.30 Å². The first-order chi connectivity index (χ1) is 18.4. The van der Waals surface area contributed by atoms with Gasteiger partial charge in [0.25, 0.3) is 0 Å². The number of hydrogen-bond acceptors (Lipinski definition) is 5. The van der Waals surface area contributed by atoms with Crippen LogP contribution in [0.5, 0.6) is 0 Å². The summed E-state index contributed by atoms with van der Waals surface area (Å²) in [4.78, 5) is 25.6. The second-order valence-corrected chi connectivity index (χ2v) is 12.1. The van der Waals surface area contributed by atoms with Gasteiger partial charge in [0.15, 0.2) is 0 Å². The Hall–Kier alpha value is 3.07. The molecule has 0 spiro atoms. The van der Waals surface area contributed by atoms with E-state index >= 15 is 0 Å². The molecule has 232 valence electrons.